The minimum Gasteiger partial charge on any atom is -0.456 e. The zero-order chi connectivity index (χ0) is 36.3. The van der Waals surface area contributed by atoms with E-state index >= 15 is 4.79 Å². The summed E-state index contributed by atoms with van der Waals surface area (Å²) in [6, 6.07) is -0.342. The fourth-order valence-corrected chi connectivity index (χ4v) is 75.4. The van der Waals surface area contributed by atoms with Gasteiger partial charge in [-0.25, -0.2) is 4.79 Å². The standard InChI is InChI=1S/C26H53NO9P12.Ac/c1-11-14(34-22(30)18(35-43-37)13(3)27-7)9-26(32)12(2)20-24(6,15(28)8-16-25(20,31)10-33-16)21(29)19(17(11)23(26,4)5)36-45(46(39)40)48(44-38)47(41)42;/h12-16,18-20,27-28,31-32,43-44H,8-10,37-42H2,1-7H3;/t12-,13?,14?,15?,16?,18?,19?,20?,24+,25-,26?,45?,48?;/m0./s1. The van der Waals surface area contributed by atoms with Gasteiger partial charge in [-0.3, -0.25) is 4.79 Å². The molecule has 10 nitrogen and oxygen atoms in total. The second-order valence-corrected chi connectivity index (χ2v) is 49.5. The molecular formula is C26H53AcNO9P12. The Morgan fingerprint density at radius 3 is 2.22 bits per heavy atom. The number of carbonyl (C=O) groups excluding carboxylic acids is 2. The first kappa shape index (κ1) is 48.6. The maximum atomic E-state index is 15.5. The molecule has 49 heavy (non-hydrogen) atoms. The van der Waals surface area contributed by atoms with E-state index in [2.05, 4.69) is 58.9 Å². The van der Waals surface area contributed by atoms with Crippen LogP contribution < -0.4 is 5.32 Å². The monoisotopic (exact) mass is 1120 g/mol. The molecule has 2 saturated carbocycles. The van der Waals surface area contributed by atoms with E-state index in [1.54, 1.807) is 14.0 Å². The van der Waals surface area contributed by atoms with Gasteiger partial charge >= 0.3 is 5.97 Å². The number of likely N-dealkylation sites (N-methyl/N-ethyl adjacent to an activating group) is 1. The fourth-order valence-electron chi connectivity index (χ4n) is 8.46. The molecule has 3 fully saturated rings. The van der Waals surface area contributed by atoms with Crippen LogP contribution in [0.2, 0.25) is 0 Å². The van der Waals surface area contributed by atoms with Crippen LogP contribution in [0.25, 0.3) is 0 Å². The molecule has 1 heterocycles. The second-order valence-electron chi connectivity index (χ2n) is 13.9. The van der Waals surface area contributed by atoms with Crippen LogP contribution in [0, 0.1) is 66.7 Å². The van der Waals surface area contributed by atoms with E-state index in [4.69, 9.17) is 18.5 Å². The van der Waals surface area contributed by atoms with E-state index in [0.29, 0.717) is 19.1 Å². The van der Waals surface area contributed by atoms with Crippen molar-refractivity contribution in [2.75, 3.05) is 13.7 Å². The molecule has 23 heteroatoms. The van der Waals surface area contributed by atoms with Gasteiger partial charge in [0.1, 0.15) is 17.8 Å². The zero-order valence-corrected chi connectivity index (χ0v) is 46.1. The van der Waals surface area contributed by atoms with Crippen molar-refractivity contribution < 1.29 is 87.5 Å². The molecule has 1 aliphatic heterocycles. The molecule has 4 aliphatic rings. The number of ether oxygens (including phenoxy) is 2. The predicted molar refractivity (Wildman–Crippen MR) is 228 cm³/mol. The molecule has 279 valence electrons. The smallest absolute Gasteiger partial charge is 0.337 e. The Labute approximate surface area is 349 Å². The van der Waals surface area contributed by atoms with Crippen molar-refractivity contribution in [3.63, 3.8) is 0 Å². The third-order valence-corrected chi connectivity index (χ3v) is 59.3. The normalized spacial score (nSPS) is 39.9. The molecule has 0 amide bonds. The molecule has 1 saturated heterocycles. The summed E-state index contributed by atoms with van der Waals surface area (Å²) in [6.45, 7) is 9.20. The van der Waals surface area contributed by atoms with E-state index in [1.165, 1.54) is 0 Å². The summed E-state index contributed by atoms with van der Waals surface area (Å²) in [7, 11) is 18.2. The maximum absolute atomic E-state index is 15.5. The average Bonchev–Trinajstić information content (AvgIpc) is 3.01. The van der Waals surface area contributed by atoms with Crippen LogP contribution in [-0.4, -0.2) is 88.5 Å². The van der Waals surface area contributed by atoms with Crippen LogP contribution in [0.4, 0.5) is 0 Å². The Balaban J connectivity index is 0.00000650. The van der Waals surface area contributed by atoms with Gasteiger partial charge in [-0.1, -0.05) is 37.7 Å². The van der Waals surface area contributed by atoms with Gasteiger partial charge in [-0.15, -0.1) is 44.6 Å². The number of rotatable bonds is 12. The molecule has 4 N–H and O–H groups in total. The number of carbonyl (C=O) groups is 2. The summed E-state index contributed by atoms with van der Waals surface area (Å²) in [4.78, 5) is 29.2. The van der Waals surface area contributed by atoms with Crippen molar-refractivity contribution in [1.82, 2.24) is 5.32 Å². The SMILES string of the molecule is CNC(C)C(OPP)C(=O)OC1CC2(O)[C@@H](C)C3[C@]4(O)COC4CC(O)[C@@]3(C)C(=O)C(OP(P(P)P)P(PP)P(P)P)C(=C1C)C2(C)C.[Ac]. The Morgan fingerprint density at radius 1 is 1.14 bits per heavy atom. The fraction of sp³-hybridized carbons (Fsp3) is 0.846. The molecule has 4 rings (SSSR count). The quantitative estimate of drug-likeness (QED) is 0.0917. The van der Waals surface area contributed by atoms with Gasteiger partial charge in [-0.05, 0) is 58.9 Å². The first-order chi connectivity index (χ1) is 22.2. The number of nitrogens with one attached hydrogen (secondary N) is 1. The third-order valence-electron chi connectivity index (χ3n) is 11.3. The topological polar surface area (TPSA) is 144 Å². The van der Waals surface area contributed by atoms with Crippen LogP contribution in [-0.2, 0) is 28.1 Å². The van der Waals surface area contributed by atoms with Crippen LogP contribution in [0.15, 0.2) is 11.1 Å². The zero-order valence-electron chi connectivity index (χ0n) is 28.9. The Bertz CT molecular complexity index is 1270. The van der Waals surface area contributed by atoms with Gasteiger partial charge in [0.2, 0.25) is 0 Å². The number of aliphatic hydroxyl groups is 3. The van der Waals surface area contributed by atoms with Gasteiger partial charge < -0.3 is 39.2 Å². The van der Waals surface area contributed by atoms with Crippen molar-refractivity contribution in [3.8, 4) is 0 Å². The van der Waals surface area contributed by atoms with E-state index in [0.717, 1.165) is 0 Å². The van der Waals surface area contributed by atoms with Gasteiger partial charge in [0.15, 0.2) is 11.9 Å². The summed E-state index contributed by atoms with van der Waals surface area (Å²) >= 11 is 0. The van der Waals surface area contributed by atoms with E-state index in [-0.39, 0.29) is 83.8 Å². The van der Waals surface area contributed by atoms with Gasteiger partial charge in [0.25, 0.3) is 0 Å². The number of Topliss-reactive ketones (excluding diaryl/α,β-unsaturated/α-hetero) is 1. The van der Waals surface area contributed by atoms with E-state index in [1.807, 2.05) is 34.6 Å². The number of fused-ring (bicyclic) bond motifs is 5. The molecule has 2 bridgehead atoms. The molecule has 0 aromatic carbocycles. The van der Waals surface area contributed by atoms with Crippen LogP contribution >= 0.6 is 98.5 Å². The Kier molecular flexibility index (Phi) is 18.9. The van der Waals surface area contributed by atoms with Gasteiger partial charge in [-0.2, -0.15) is 0 Å². The summed E-state index contributed by atoms with van der Waals surface area (Å²) in [6.07, 6.45) is -4.58. The largest absolute Gasteiger partial charge is 0.456 e. The first-order valence-corrected chi connectivity index (χ1v) is 35.8. The number of hydrogen-bond donors (Lipinski definition) is 4. The minimum atomic E-state index is -1.59. The number of hydrogen-bond acceptors (Lipinski definition) is 10. The van der Waals surface area contributed by atoms with E-state index in [9.17, 15) is 20.1 Å². The molecule has 1 radical (unpaired) electrons. The van der Waals surface area contributed by atoms with Gasteiger partial charge in [0, 0.05) is 89.8 Å². The molecule has 18 unspecified atom stereocenters. The molecule has 21 atom stereocenters. The van der Waals surface area contributed by atoms with Crippen LogP contribution in [0.1, 0.15) is 54.4 Å². The molecule has 0 aromatic rings. The summed E-state index contributed by atoms with van der Waals surface area (Å²) in [5.41, 5.74) is -4.28. The van der Waals surface area contributed by atoms with Crippen LogP contribution in [0.5, 0.6) is 0 Å². The van der Waals surface area contributed by atoms with Crippen molar-refractivity contribution in [2.24, 2.45) is 22.7 Å². The molecule has 0 aromatic heterocycles. The maximum Gasteiger partial charge on any atom is 0.337 e. The van der Waals surface area contributed by atoms with E-state index < -0.39 is 98.8 Å². The predicted octanol–water partition coefficient (Wildman–Crippen LogP) is 7.01. The van der Waals surface area contributed by atoms with Gasteiger partial charge in [0.05, 0.1) is 37.4 Å². The number of ketones is 1. The number of aliphatic hydroxyl groups excluding tert-OH is 1. The second kappa shape index (κ2) is 19.1. The minimum absolute atomic E-state index is 0. The Morgan fingerprint density at radius 2 is 1.76 bits per heavy atom. The first-order valence-electron chi connectivity index (χ1n) is 15.5. The average molecular weight is 1120 g/mol. The van der Waals surface area contributed by atoms with Crippen molar-refractivity contribution >= 4 is 110 Å². The summed E-state index contributed by atoms with van der Waals surface area (Å²) in [5, 5.41) is 40.4. The summed E-state index contributed by atoms with van der Waals surface area (Å²) in [5.74, 6) is -2.46. The van der Waals surface area contributed by atoms with Crippen LogP contribution in [0.3, 0.4) is 0 Å². The van der Waals surface area contributed by atoms with Crippen molar-refractivity contribution in [3.05, 3.63) is 11.1 Å². The molecule has 3 aliphatic carbocycles. The third kappa shape index (κ3) is 8.76. The summed E-state index contributed by atoms with van der Waals surface area (Å²) < 4.78 is 25.0. The van der Waals surface area contributed by atoms with Crippen molar-refractivity contribution in [2.45, 2.75) is 102 Å². The van der Waals surface area contributed by atoms with Crippen molar-refractivity contribution in [1.29, 1.82) is 0 Å². The number of esters is 1. The molecule has 0 spiro atoms. The molecular weight excluding hydrogens is 1070 g/mol. The Hall–Kier alpha value is 5.20.